The second-order valence-electron chi connectivity index (χ2n) is 6.61. The standard InChI is InChI=1S/C21H21F3N2O4S/c1-3-14-26(15-17-6-4-16(2)5-7-17)20(27)12-13-25-31(28,29)19-10-8-18(9-11-19)30-21(22,23)24/h1,4-11,25H,12-15H2,2H3. The number of amides is 1. The summed E-state index contributed by atoms with van der Waals surface area (Å²) in [6.45, 7) is 2.10. The molecule has 0 aliphatic carbocycles. The van der Waals surface area contributed by atoms with Gasteiger partial charge in [-0.15, -0.1) is 19.6 Å². The number of alkyl halides is 3. The Balaban J connectivity index is 1.94. The predicted octanol–water partition coefficient (Wildman–Crippen LogP) is 3.22. The topological polar surface area (TPSA) is 75.7 Å². The summed E-state index contributed by atoms with van der Waals surface area (Å²) in [5.74, 6) is 1.53. The minimum Gasteiger partial charge on any atom is -0.406 e. The molecule has 6 nitrogen and oxygen atoms in total. The minimum absolute atomic E-state index is 0.0696. The lowest BCUT2D eigenvalue weighted by molar-refractivity contribution is -0.274. The number of rotatable bonds is 9. The molecule has 0 heterocycles. The van der Waals surface area contributed by atoms with E-state index in [0.29, 0.717) is 0 Å². The predicted molar refractivity (Wildman–Crippen MR) is 108 cm³/mol. The van der Waals surface area contributed by atoms with Gasteiger partial charge in [0.15, 0.2) is 0 Å². The molecule has 0 spiro atoms. The third-order valence-corrected chi connectivity index (χ3v) is 5.60. The van der Waals surface area contributed by atoms with Crippen molar-refractivity contribution in [1.82, 2.24) is 9.62 Å². The van der Waals surface area contributed by atoms with Crippen LogP contribution in [0.25, 0.3) is 0 Å². The van der Waals surface area contributed by atoms with Gasteiger partial charge in [0.05, 0.1) is 11.4 Å². The Labute approximate surface area is 179 Å². The molecule has 0 atom stereocenters. The van der Waals surface area contributed by atoms with Crippen LogP contribution in [0.15, 0.2) is 53.4 Å². The van der Waals surface area contributed by atoms with Crippen molar-refractivity contribution < 1.29 is 31.1 Å². The van der Waals surface area contributed by atoms with Gasteiger partial charge in [-0.25, -0.2) is 13.1 Å². The molecule has 0 aliphatic heterocycles. The second-order valence-corrected chi connectivity index (χ2v) is 8.37. The highest BCUT2D eigenvalue weighted by Gasteiger charge is 2.31. The van der Waals surface area contributed by atoms with Crippen LogP contribution in [0.2, 0.25) is 0 Å². The molecule has 0 fully saturated rings. The molecule has 0 saturated carbocycles. The molecule has 0 radical (unpaired) electrons. The van der Waals surface area contributed by atoms with Crippen LogP contribution in [-0.2, 0) is 21.4 Å². The summed E-state index contributed by atoms with van der Waals surface area (Å²) >= 11 is 0. The number of carbonyl (C=O) groups is 1. The van der Waals surface area contributed by atoms with Crippen LogP contribution in [0.5, 0.6) is 5.75 Å². The molecule has 2 aromatic carbocycles. The normalized spacial score (nSPS) is 11.6. The minimum atomic E-state index is -4.87. The van der Waals surface area contributed by atoms with Gasteiger partial charge in [-0.3, -0.25) is 4.79 Å². The molecule has 0 aliphatic rings. The van der Waals surface area contributed by atoms with Gasteiger partial charge in [0.1, 0.15) is 5.75 Å². The van der Waals surface area contributed by atoms with Crippen LogP contribution in [0, 0.1) is 19.3 Å². The van der Waals surface area contributed by atoms with Gasteiger partial charge < -0.3 is 9.64 Å². The Hall–Kier alpha value is -3.03. The summed E-state index contributed by atoms with van der Waals surface area (Å²) in [6, 6.07) is 11.3. The Morgan fingerprint density at radius 1 is 1.13 bits per heavy atom. The largest absolute Gasteiger partial charge is 0.573 e. The van der Waals surface area contributed by atoms with Crippen molar-refractivity contribution in [3.8, 4) is 18.1 Å². The van der Waals surface area contributed by atoms with Crippen molar-refractivity contribution in [2.75, 3.05) is 13.1 Å². The van der Waals surface area contributed by atoms with E-state index in [4.69, 9.17) is 6.42 Å². The van der Waals surface area contributed by atoms with Crippen LogP contribution in [0.3, 0.4) is 0 Å². The van der Waals surface area contributed by atoms with E-state index in [9.17, 15) is 26.4 Å². The van der Waals surface area contributed by atoms with Gasteiger partial charge >= 0.3 is 6.36 Å². The molecule has 166 valence electrons. The van der Waals surface area contributed by atoms with Crippen molar-refractivity contribution in [2.24, 2.45) is 0 Å². The van der Waals surface area contributed by atoms with E-state index < -0.39 is 22.1 Å². The third-order valence-electron chi connectivity index (χ3n) is 4.13. The van der Waals surface area contributed by atoms with Crippen molar-refractivity contribution in [3.63, 3.8) is 0 Å². The van der Waals surface area contributed by atoms with Crippen molar-refractivity contribution in [1.29, 1.82) is 0 Å². The molecule has 2 rings (SSSR count). The van der Waals surface area contributed by atoms with Gasteiger partial charge in [0.2, 0.25) is 15.9 Å². The zero-order valence-electron chi connectivity index (χ0n) is 16.6. The summed E-state index contributed by atoms with van der Waals surface area (Å²) in [5, 5.41) is 0. The molecule has 0 aromatic heterocycles. The van der Waals surface area contributed by atoms with E-state index in [-0.39, 0.29) is 36.9 Å². The first kappa shape index (κ1) is 24.2. The maximum atomic E-state index is 12.5. The Bertz CT molecular complexity index is 1030. The van der Waals surface area contributed by atoms with Gasteiger partial charge in [-0.1, -0.05) is 35.7 Å². The average molecular weight is 454 g/mol. The average Bonchev–Trinajstić information content (AvgIpc) is 2.68. The van der Waals surface area contributed by atoms with E-state index in [1.54, 1.807) is 0 Å². The van der Waals surface area contributed by atoms with E-state index in [0.717, 1.165) is 35.4 Å². The smallest absolute Gasteiger partial charge is 0.406 e. The fourth-order valence-electron chi connectivity index (χ4n) is 2.61. The van der Waals surface area contributed by atoms with Gasteiger partial charge in [-0.2, -0.15) is 0 Å². The fourth-order valence-corrected chi connectivity index (χ4v) is 3.64. The van der Waals surface area contributed by atoms with Gasteiger partial charge in [0.25, 0.3) is 0 Å². The molecular weight excluding hydrogens is 433 g/mol. The first-order valence-electron chi connectivity index (χ1n) is 9.12. The number of aryl methyl sites for hydroxylation is 1. The zero-order chi connectivity index (χ0) is 23.1. The molecule has 0 bridgehead atoms. The number of carbonyl (C=O) groups excluding carboxylic acids is 1. The molecule has 10 heteroatoms. The van der Waals surface area contributed by atoms with Crippen LogP contribution >= 0.6 is 0 Å². The Kier molecular flexibility index (Phi) is 8.08. The summed E-state index contributed by atoms with van der Waals surface area (Å²) in [4.78, 5) is 13.7. The van der Waals surface area contributed by atoms with Crippen molar-refractivity contribution in [3.05, 3.63) is 59.7 Å². The number of nitrogens with zero attached hydrogens (tertiary/aromatic N) is 1. The third kappa shape index (κ3) is 7.96. The summed E-state index contributed by atoms with van der Waals surface area (Å²) in [5.41, 5.74) is 1.96. The van der Waals surface area contributed by atoms with Crippen LogP contribution in [-0.4, -0.2) is 38.7 Å². The monoisotopic (exact) mass is 454 g/mol. The number of halogens is 3. The van der Waals surface area contributed by atoms with Crippen LogP contribution in [0.4, 0.5) is 13.2 Å². The maximum Gasteiger partial charge on any atom is 0.573 e. The van der Waals surface area contributed by atoms with E-state index in [2.05, 4.69) is 15.4 Å². The highest BCUT2D eigenvalue weighted by Crippen LogP contribution is 2.23. The lowest BCUT2D eigenvalue weighted by Gasteiger charge is -2.20. The Morgan fingerprint density at radius 3 is 2.29 bits per heavy atom. The first-order valence-corrected chi connectivity index (χ1v) is 10.6. The summed E-state index contributed by atoms with van der Waals surface area (Å²) in [6.07, 6.45) is 0.323. The van der Waals surface area contributed by atoms with Crippen molar-refractivity contribution >= 4 is 15.9 Å². The SMILES string of the molecule is C#CCN(Cc1ccc(C)cc1)C(=O)CCNS(=O)(=O)c1ccc(OC(F)(F)F)cc1. The number of nitrogens with one attached hydrogen (secondary N) is 1. The molecule has 0 saturated heterocycles. The number of hydrogen-bond acceptors (Lipinski definition) is 4. The van der Waals surface area contributed by atoms with E-state index in [1.165, 1.54) is 4.90 Å². The number of hydrogen-bond donors (Lipinski definition) is 1. The molecular formula is C21H21F3N2O4S. The highest BCUT2D eigenvalue weighted by atomic mass is 32.2. The van der Waals surface area contributed by atoms with E-state index in [1.807, 2.05) is 31.2 Å². The molecule has 1 amide bonds. The molecule has 31 heavy (non-hydrogen) atoms. The second kappa shape index (κ2) is 10.3. The number of ether oxygens (including phenoxy) is 1. The van der Waals surface area contributed by atoms with Crippen LogP contribution < -0.4 is 9.46 Å². The Morgan fingerprint density at radius 2 is 1.74 bits per heavy atom. The highest BCUT2D eigenvalue weighted by molar-refractivity contribution is 7.89. The van der Waals surface area contributed by atoms with Gasteiger partial charge in [-0.05, 0) is 36.8 Å². The van der Waals surface area contributed by atoms with Crippen LogP contribution in [0.1, 0.15) is 17.5 Å². The molecule has 0 unspecified atom stereocenters. The summed E-state index contributed by atoms with van der Waals surface area (Å²) in [7, 11) is -4.02. The van der Waals surface area contributed by atoms with Crippen molar-refractivity contribution in [2.45, 2.75) is 31.1 Å². The number of terminal acetylenes is 1. The number of benzene rings is 2. The zero-order valence-corrected chi connectivity index (χ0v) is 17.5. The molecule has 1 N–H and O–H groups in total. The fraction of sp³-hybridized carbons (Fsp3) is 0.286. The van der Waals surface area contributed by atoms with E-state index >= 15 is 0 Å². The summed E-state index contributed by atoms with van der Waals surface area (Å²) < 4.78 is 67.1. The number of sulfonamides is 1. The lowest BCUT2D eigenvalue weighted by Crippen LogP contribution is -2.34. The first-order chi connectivity index (χ1) is 14.5. The maximum absolute atomic E-state index is 12.5. The van der Waals surface area contributed by atoms with Gasteiger partial charge in [0, 0.05) is 19.5 Å². The quantitative estimate of drug-likeness (QED) is 0.591. The lowest BCUT2D eigenvalue weighted by atomic mass is 10.1. The molecule has 2 aromatic rings.